The number of carboxylic acid groups (broad SMARTS) is 1. The van der Waals surface area contributed by atoms with Gasteiger partial charge in [-0.1, -0.05) is 0 Å². The molecule has 3 aromatic heterocycles. The molecule has 4 aromatic rings. The molecule has 0 bridgehead atoms. The molecular formula is C15H10N4O2S. The molecule has 6 nitrogen and oxygen atoms in total. The van der Waals surface area contributed by atoms with Crippen molar-refractivity contribution in [2.45, 2.75) is 0 Å². The Balaban J connectivity index is 1.78. The lowest BCUT2D eigenvalue weighted by Crippen LogP contribution is -1.94. The number of aromatic carboxylic acids is 1. The summed E-state index contributed by atoms with van der Waals surface area (Å²) in [6, 6.07) is 9.48. The van der Waals surface area contributed by atoms with E-state index in [0.717, 1.165) is 32.6 Å². The molecule has 1 aromatic carbocycles. The minimum absolute atomic E-state index is 0.250. The molecule has 7 heteroatoms. The van der Waals surface area contributed by atoms with Gasteiger partial charge in [-0.3, -0.25) is 0 Å². The molecular weight excluding hydrogens is 300 g/mol. The van der Waals surface area contributed by atoms with Gasteiger partial charge in [0.1, 0.15) is 11.2 Å². The Hall–Kier alpha value is -2.93. The van der Waals surface area contributed by atoms with E-state index in [1.807, 2.05) is 30.5 Å². The van der Waals surface area contributed by atoms with Gasteiger partial charge in [0.2, 0.25) is 0 Å². The summed E-state index contributed by atoms with van der Waals surface area (Å²) in [5.74, 6) is -0.347. The fourth-order valence-electron chi connectivity index (χ4n) is 2.32. The highest BCUT2D eigenvalue weighted by Gasteiger charge is 2.13. The molecule has 0 spiro atoms. The zero-order valence-electron chi connectivity index (χ0n) is 11.2. The number of thiophene rings is 1. The molecule has 0 saturated heterocycles. The van der Waals surface area contributed by atoms with Crippen LogP contribution in [0.3, 0.4) is 0 Å². The number of benzene rings is 1. The van der Waals surface area contributed by atoms with Crippen molar-refractivity contribution in [3.8, 4) is 0 Å². The van der Waals surface area contributed by atoms with Crippen molar-refractivity contribution in [3.63, 3.8) is 0 Å². The van der Waals surface area contributed by atoms with E-state index in [4.69, 9.17) is 5.11 Å². The van der Waals surface area contributed by atoms with Crippen LogP contribution in [0.2, 0.25) is 0 Å². The lowest BCUT2D eigenvalue weighted by atomic mass is 10.2. The van der Waals surface area contributed by atoms with Gasteiger partial charge in [-0.15, -0.1) is 11.3 Å². The van der Waals surface area contributed by atoms with Crippen molar-refractivity contribution < 1.29 is 9.90 Å². The second-order valence-corrected chi connectivity index (χ2v) is 5.81. The highest BCUT2D eigenvalue weighted by Crippen LogP contribution is 2.31. The Morgan fingerprint density at radius 2 is 2.14 bits per heavy atom. The summed E-state index contributed by atoms with van der Waals surface area (Å²) in [5.41, 5.74) is 2.57. The van der Waals surface area contributed by atoms with Crippen molar-refractivity contribution in [2.75, 3.05) is 5.32 Å². The average molecular weight is 310 g/mol. The Bertz CT molecular complexity index is 1010. The second-order valence-electron chi connectivity index (χ2n) is 4.76. The Morgan fingerprint density at radius 3 is 3.00 bits per heavy atom. The number of nitrogens with one attached hydrogen (secondary N) is 2. The topological polar surface area (TPSA) is 90.9 Å². The van der Waals surface area contributed by atoms with Crippen LogP contribution in [0.5, 0.6) is 0 Å². The molecule has 0 aliphatic heterocycles. The maximum atomic E-state index is 11.1. The van der Waals surface area contributed by atoms with E-state index < -0.39 is 5.97 Å². The van der Waals surface area contributed by atoms with Gasteiger partial charge in [-0.2, -0.15) is 0 Å². The van der Waals surface area contributed by atoms with Crippen LogP contribution < -0.4 is 5.32 Å². The number of fused-ring (bicyclic) bond motifs is 2. The highest BCUT2D eigenvalue weighted by molar-refractivity contribution is 7.21. The molecule has 3 heterocycles. The summed E-state index contributed by atoms with van der Waals surface area (Å²) < 4.78 is 0.731. The van der Waals surface area contributed by atoms with E-state index in [2.05, 4.69) is 20.3 Å². The van der Waals surface area contributed by atoms with E-state index in [1.54, 1.807) is 6.07 Å². The van der Waals surface area contributed by atoms with Crippen LogP contribution in [0.1, 0.15) is 9.67 Å². The molecule has 0 amide bonds. The number of hydrogen-bond donors (Lipinski definition) is 3. The fraction of sp³-hybridized carbons (Fsp3) is 0. The van der Waals surface area contributed by atoms with Crippen molar-refractivity contribution in [1.82, 2.24) is 15.0 Å². The maximum absolute atomic E-state index is 11.1. The van der Waals surface area contributed by atoms with Crippen molar-refractivity contribution >= 4 is 49.9 Å². The van der Waals surface area contributed by atoms with Crippen LogP contribution in [0.4, 0.5) is 11.5 Å². The third-order valence-electron chi connectivity index (χ3n) is 3.34. The third-order valence-corrected chi connectivity index (χ3v) is 4.46. The van der Waals surface area contributed by atoms with Gasteiger partial charge >= 0.3 is 5.97 Å². The lowest BCUT2D eigenvalue weighted by molar-refractivity contribution is 0.0702. The first-order chi connectivity index (χ1) is 10.7. The van der Waals surface area contributed by atoms with Gasteiger partial charge < -0.3 is 15.4 Å². The number of rotatable bonds is 3. The fourth-order valence-corrected chi connectivity index (χ4v) is 3.21. The van der Waals surface area contributed by atoms with Gasteiger partial charge in [0.25, 0.3) is 0 Å². The minimum atomic E-state index is -0.956. The largest absolute Gasteiger partial charge is 0.477 e. The quantitative estimate of drug-likeness (QED) is 0.537. The number of carbonyl (C=O) groups is 1. The molecule has 0 fully saturated rings. The Labute approximate surface area is 128 Å². The normalized spacial score (nSPS) is 11.1. The van der Waals surface area contributed by atoms with Crippen LogP contribution in [0.25, 0.3) is 21.1 Å². The van der Waals surface area contributed by atoms with Crippen LogP contribution in [0, 0.1) is 0 Å². The van der Waals surface area contributed by atoms with Crippen LogP contribution >= 0.6 is 11.3 Å². The number of carboxylic acids is 1. The van der Waals surface area contributed by atoms with E-state index in [0.29, 0.717) is 11.3 Å². The van der Waals surface area contributed by atoms with Gasteiger partial charge in [0.05, 0.1) is 10.2 Å². The molecule has 0 atom stereocenters. The van der Waals surface area contributed by atoms with Crippen LogP contribution in [-0.4, -0.2) is 26.0 Å². The molecule has 22 heavy (non-hydrogen) atoms. The molecule has 0 aliphatic carbocycles. The van der Waals surface area contributed by atoms with Gasteiger partial charge in [0, 0.05) is 22.8 Å². The monoisotopic (exact) mass is 310 g/mol. The van der Waals surface area contributed by atoms with E-state index in [-0.39, 0.29) is 4.88 Å². The summed E-state index contributed by atoms with van der Waals surface area (Å²) in [4.78, 5) is 22.8. The number of anilines is 2. The molecule has 108 valence electrons. The third kappa shape index (κ3) is 2.08. The summed E-state index contributed by atoms with van der Waals surface area (Å²) in [6.07, 6.45) is 3.31. The zero-order valence-corrected chi connectivity index (χ0v) is 12.0. The summed E-state index contributed by atoms with van der Waals surface area (Å²) >= 11 is 1.16. The predicted octanol–water partition coefficient (Wildman–Crippen LogP) is 3.61. The molecule has 0 unspecified atom stereocenters. The lowest BCUT2D eigenvalue weighted by Gasteiger charge is -2.06. The summed E-state index contributed by atoms with van der Waals surface area (Å²) in [5, 5.41) is 13.4. The Morgan fingerprint density at radius 1 is 1.23 bits per heavy atom. The molecule has 4 rings (SSSR count). The van der Waals surface area contributed by atoms with Crippen molar-refractivity contribution in [3.05, 3.63) is 47.7 Å². The number of aromatic nitrogens is 3. The first kappa shape index (κ1) is 12.8. The predicted molar refractivity (Wildman–Crippen MR) is 86.0 cm³/mol. The molecule has 3 N–H and O–H groups in total. The standard InChI is InChI=1S/C15H10N4O2S/c20-15(21)12-6-11-13(22-12)14(18-7-17-11)19-9-1-2-10-8(5-9)3-4-16-10/h1-7,16H,(H,20,21)(H,17,18,19). The van der Waals surface area contributed by atoms with E-state index in [9.17, 15) is 4.79 Å². The van der Waals surface area contributed by atoms with Gasteiger partial charge in [-0.05, 0) is 30.3 Å². The first-order valence-electron chi connectivity index (χ1n) is 6.53. The van der Waals surface area contributed by atoms with Crippen LogP contribution in [0.15, 0.2) is 42.9 Å². The molecule has 0 aliphatic rings. The Kier molecular flexibility index (Phi) is 2.80. The number of nitrogens with zero attached hydrogens (tertiary/aromatic N) is 2. The maximum Gasteiger partial charge on any atom is 0.345 e. The first-order valence-corrected chi connectivity index (χ1v) is 7.34. The second kappa shape index (κ2) is 4.81. The summed E-state index contributed by atoms with van der Waals surface area (Å²) in [6.45, 7) is 0. The van der Waals surface area contributed by atoms with E-state index >= 15 is 0 Å². The molecule has 0 saturated carbocycles. The minimum Gasteiger partial charge on any atom is -0.477 e. The zero-order chi connectivity index (χ0) is 15.1. The number of hydrogen-bond acceptors (Lipinski definition) is 5. The smallest absolute Gasteiger partial charge is 0.345 e. The summed E-state index contributed by atoms with van der Waals surface area (Å²) in [7, 11) is 0. The van der Waals surface area contributed by atoms with Crippen molar-refractivity contribution in [2.24, 2.45) is 0 Å². The highest BCUT2D eigenvalue weighted by atomic mass is 32.1. The van der Waals surface area contributed by atoms with Gasteiger partial charge in [0.15, 0.2) is 5.82 Å². The molecule has 0 radical (unpaired) electrons. The average Bonchev–Trinajstić information content (AvgIpc) is 3.13. The number of H-pyrrole nitrogens is 1. The number of aromatic amines is 1. The van der Waals surface area contributed by atoms with Crippen LogP contribution in [-0.2, 0) is 0 Å². The van der Waals surface area contributed by atoms with Gasteiger partial charge in [-0.25, -0.2) is 14.8 Å². The van der Waals surface area contributed by atoms with E-state index in [1.165, 1.54) is 6.33 Å². The SMILES string of the molecule is O=C(O)c1cc2ncnc(Nc3ccc4[nH]ccc4c3)c2s1. The van der Waals surface area contributed by atoms with Crippen molar-refractivity contribution in [1.29, 1.82) is 0 Å².